The van der Waals surface area contributed by atoms with Gasteiger partial charge in [0.05, 0.1) is 10.6 Å². The van der Waals surface area contributed by atoms with E-state index in [1.165, 1.54) is 0 Å². The Morgan fingerprint density at radius 2 is 2.20 bits per heavy atom. The number of likely N-dealkylation sites (tertiary alicyclic amines) is 1. The first-order valence-corrected chi connectivity index (χ1v) is 6.53. The molecule has 2 rings (SSSR count). The standard InChI is InChI=1S/C13H17F2N3O2/c1-17-4-2-3-9(8-17)7-16-12-6-13(18(19)20)11(15)5-10(12)14/h5-6,9,16H,2-4,7-8H2,1H3. The van der Waals surface area contributed by atoms with Gasteiger partial charge in [0.15, 0.2) is 0 Å². The topological polar surface area (TPSA) is 58.4 Å². The van der Waals surface area contributed by atoms with Gasteiger partial charge in [-0.3, -0.25) is 10.1 Å². The third kappa shape index (κ3) is 3.41. The molecule has 7 heteroatoms. The Morgan fingerprint density at radius 3 is 2.85 bits per heavy atom. The molecule has 0 aromatic heterocycles. The molecule has 0 spiro atoms. The van der Waals surface area contributed by atoms with Gasteiger partial charge in [0.25, 0.3) is 0 Å². The lowest BCUT2D eigenvalue weighted by Gasteiger charge is -2.29. The van der Waals surface area contributed by atoms with Crippen molar-refractivity contribution in [3.63, 3.8) is 0 Å². The molecule has 0 radical (unpaired) electrons. The fourth-order valence-corrected chi connectivity index (χ4v) is 2.51. The number of nitro benzene ring substituents is 1. The van der Waals surface area contributed by atoms with Crippen molar-refractivity contribution >= 4 is 11.4 Å². The number of anilines is 1. The molecule has 1 unspecified atom stereocenters. The summed E-state index contributed by atoms with van der Waals surface area (Å²) in [7, 11) is 2.02. The second-order valence-corrected chi connectivity index (χ2v) is 5.19. The lowest BCUT2D eigenvalue weighted by Crippen LogP contribution is -2.35. The molecule has 1 aromatic carbocycles. The number of hydrogen-bond donors (Lipinski definition) is 1. The minimum Gasteiger partial charge on any atom is -0.382 e. The van der Waals surface area contributed by atoms with E-state index in [-0.39, 0.29) is 5.69 Å². The van der Waals surface area contributed by atoms with Gasteiger partial charge in [-0.15, -0.1) is 0 Å². The zero-order valence-corrected chi connectivity index (χ0v) is 11.2. The molecule has 1 heterocycles. The van der Waals surface area contributed by atoms with Crippen LogP contribution in [0.1, 0.15) is 12.8 Å². The van der Waals surface area contributed by atoms with Crippen molar-refractivity contribution in [3.05, 3.63) is 33.9 Å². The second kappa shape index (κ2) is 6.13. The Bertz CT molecular complexity index is 511. The number of piperidine rings is 1. The highest BCUT2D eigenvalue weighted by Crippen LogP contribution is 2.26. The van der Waals surface area contributed by atoms with Crippen LogP contribution in [0, 0.1) is 27.7 Å². The van der Waals surface area contributed by atoms with Crippen LogP contribution in [-0.2, 0) is 0 Å². The molecule has 1 fully saturated rings. The van der Waals surface area contributed by atoms with Gasteiger partial charge < -0.3 is 10.2 Å². The van der Waals surface area contributed by atoms with Gasteiger partial charge in [-0.25, -0.2) is 4.39 Å². The van der Waals surface area contributed by atoms with Crippen LogP contribution in [0.5, 0.6) is 0 Å². The van der Waals surface area contributed by atoms with Gasteiger partial charge in [-0.1, -0.05) is 0 Å². The zero-order valence-electron chi connectivity index (χ0n) is 11.2. The lowest BCUT2D eigenvalue weighted by atomic mass is 9.98. The molecule has 0 saturated carbocycles. The summed E-state index contributed by atoms with van der Waals surface area (Å²) in [5, 5.41) is 13.5. The molecular weight excluding hydrogens is 268 g/mol. The Labute approximate surface area is 115 Å². The summed E-state index contributed by atoms with van der Waals surface area (Å²) < 4.78 is 26.8. The SMILES string of the molecule is CN1CCCC(CNc2cc([N+](=O)[O-])c(F)cc2F)C1. The zero-order chi connectivity index (χ0) is 14.7. The molecule has 0 aliphatic carbocycles. The van der Waals surface area contributed by atoms with Gasteiger partial charge in [0.2, 0.25) is 5.82 Å². The molecule has 20 heavy (non-hydrogen) atoms. The maximum Gasteiger partial charge on any atom is 0.307 e. The van der Waals surface area contributed by atoms with E-state index < -0.39 is 22.2 Å². The van der Waals surface area contributed by atoms with Crippen molar-refractivity contribution in [2.45, 2.75) is 12.8 Å². The Kier molecular flexibility index (Phi) is 4.49. The van der Waals surface area contributed by atoms with Crippen LogP contribution in [-0.4, -0.2) is 36.5 Å². The van der Waals surface area contributed by atoms with Crippen molar-refractivity contribution in [2.24, 2.45) is 5.92 Å². The summed E-state index contributed by atoms with van der Waals surface area (Å²) in [4.78, 5) is 12.0. The first-order valence-electron chi connectivity index (χ1n) is 6.53. The van der Waals surface area contributed by atoms with Crippen LogP contribution in [0.2, 0.25) is 0 Å². The van der Waals surface area contributed by atoms with E-state index in [0.29, 0.717) is 18.5 Å². The molecule has 1 N–H and O–H groups in total. The van der Waals surface area contributed by atoms with Gasteiger partial charge in [0.1, 0.15) is 5.82 Å². The number of rotatable bonds is 4. The minimum absolute atomic E-state index is 0.0219. The van der Waals surface area contributed by atoms with Gasteiger partial charge in [0, 0.05) is 25.2 Å². The average molecular weight is 285 g/mol. The van der Waals surface area contributed by atoms with E-state index in [1.807, 2.05) is 7.05 Å². The van der Waals surface area contributed by atoms with Crippen LogP contribution >= 0.6 is 0 Å². The van der Waals surface area contributed by atoms with E-state index in [4.69, 9.17) is 0 Å². The first kappa shape index (κ1) is 14.6. The fourth-order valence-electron chi connectivity index (χ4n) is 2.51. The van der Waals surface area contributed by atoms with E-state index in [1.54, 1.807) is 0 Å². The summed E-state index contributed by atoms with van der Waals surface area (Å²) in [6, 6.07) is 1.46. The minimum atomic E-state index is -1.16. The molecule has 110 valence electrons. The van der Waals surface area contributed by atoms with Crippen LogP contribution in [0.4, 0.5) is 20.2 Å². The Morgan fingerprint density at radius 1 is 1.45 bits per heavy atom. The van der Waals surface area contributed by atoms with Crippen LogP contribution < -0.4 is 5.32 Å². The molecule has 5 nitrogen and oxygen atoms in total. The maximum atomic E-state index is 13.6. The number of halogens is 2. The van der Waals surface area contributed by atoms with Gasteiger partial charge in [-0.2, -0.15) is 4.39 Å². The summed E-state index contributed by atoms with van der Waals surface area (Å²) in [5.41, 5.74) is -0.735. The van der Waals surface area contributed by atoms with Crippen LogP contribution in [0.15, 0.2) is 12.1 Å². The van der Waals surface area contributed by atoms with Gasteiger partial charge in [-0.05, 0) is 32.4 Å². The van der Waals surface area contributed by atoms with E-state index >= 15 is 0 Å². The summed E-state index contributed by atoms with van der Waals surface area (Å²) >= 11 is 0. The van der Waals surface area contributed by atoms with Crippen molar-refractivity contribution < 1.29 is 13.7 Å². The van der Waals surface area contributed by atoms with E-state index in [2.05, 4.69) is 10.2 Å². The van der Waals surface area contributed by atoms with E-state index in [0.717, 1.165) is 32.0 Å². The monoisotopic (exact) mass is 285 g/mol. The lowest BCUT2D eigenvalue weighted by molar-refractivity contribution is -0.387. The molecule has 0 amide bonds. The van der Waals surface area contributed by atoms with Crippen LogP contribution in [0.25, 0.3) is 0 Å². The maximum absolute atomic E-state index is 13.6. The number of hydrogen-bond acceptors (Lipinski definition) is 4. The summed E-state index contributed by atoms with van der Waals surface area (Å²) in [6.45, 7) is 2.47. The Hall–Kier alpha value is -1.76. The summed E-state index contributed by atoms with van der Waals surface area (Å²) in [5.74, 6) is -1.61. The van der Waals surface area contributed by atoms with Crippen molar-refractivity contribution in [2.75, 3.05) is 32.0 Å². The highest BCUT2D eigenvalue weighted by molar-refractivity contribution is 5.53. The average Bonchev–Trinajstić information content (AvgIpc) is 2.37. The molecule has 1 atom stereocenters. The highest BCUT2D eigenvalue weighted by Gasteiger charge is 2.20. The molecule has 1 aliphatic rings. The number of nitro groups is 1. The third-order valence-electron chi connectivity index (χ3n) is 3.54. The van der Waals surface area contributed by atoms with E-state index in [9.17, 15) is 18.9 Å². The second-order valence-electron chi connectivity index (χ2n) is 5.19. The largest absolute Gasteiger partial charge is 0.382 e. The van der Waals surface area contributed by atoms with Crippen molar-refractivity contribution in [1.82, 2.24) is 4.90 Å². The predicted octanol–water partition coefficient (Wildman–Crippen LogP) is 2.63. The molecule has 1 saturated heterocycles. The third-order valence-corrected chi connectivity index (χ3v) is 3.54. The number of nitrogens with one attached hydrogen (secondary N) is 1. The van der Waals surface area contributed by atoms with Gasteiger partial charge >= 0.3 is 5.69 Å². The first-order chi connectivity index (χ1) is 9.47. The smallest absolute Gasteiger partial charge is 0.307 e. The predicted molar refractivity (Wildman–Crippen MR) is 71.7 cm³/mol. The molecule has 1 aromatic rings. The molecule has 1 aliphatic heterocycles. The number of nitrogens with zero attached hydrogens (tertiary/aromatic N) is 2. The van der Waals surface area contributed by atoms with Crippen LogP contribution in [0.3, 0.4) is 0 Å². The number of benzene rings is 1. The van der Waals surface area contributed by atoms with Crippen molar-refractivity contribution in [1.29, 1.82) is 0 Å². The highest BCUT2D eigenvalue weighted by atomic mass is 19.1. The normalized spacial score (nSPS) is 19.9. The molecular formula is C13H17F2N3O2. The van der Waals surface area contributed by atoms with Crippen molar-refractivity contribution in [3.8, 4) is 0 Å². The fraction of sp³-hybridized carbons (Fsp3) is 0.538. The molecule has 0 bridgehead atoms. The quantitative estimate of drug-likeness (QED) is 0.682. The summed E-state index contributed by atoms with van der Waals surface area (Å²) in [6.07, 6.45) is 2.11. The Balaban J connectivity index is 2.05.